The van der Waals surface area contributed by atoms with E-state index in [0.29, 0.717) is 26.0 Å². The van der Waals surface area contributed by atoms with Crippen LogP contribution in [0.25, 0.3) is 0 Å². The van der Waals surface area contributed by atoms with Crippen LogP contribution in [0.15, 0.2) is 35.3 Å². The molecule has 1 rings (SSSR count). The second kappa shape index (κ2) is 10.1. The molecule has 0 heterocycles. The van der Waals surface area contributed by atoms with Gasteiger partial charge in [0, 0.05) is 13.6 Å². The minimum atomic E-state index is -0.720. The highest BCUT2D eigenvalue weighted by molar-refractivity contribution is 5.79. The van der Waals surface area contributed by atoms with Gasteiger partial charge in [-0.05, 0) is 31.9 Å². The Balaban J connectivity index is 2.54. The summed E-state index contributed by atoms with van der Waals surface area (Å²) in [5.41, 5.74) is -0.720. The first-order valence-corrected chi connectivity index (χ1v) is 8.44. The highest BCUT2D eigenvalue weighted by Crippen LogP contribution is 2.14. The third-order valence-electron chi connectivity index (χ3n) is 3.97. The molecular formula is C18H31N3O2. The average molecular weight is 321 g/mol. The smallest absolute Gasteiger partial charge is 0.193 e. The number of para-hydroxylation sites is 1. The monoisotopic (exact) mass is 321 g/mol. The summed E-state index contributed by atoms with van der Waals surface area (Å²) in [5.74, 6) is 1.67. The predicted molar refractivity (Wildman–Crippen MR) is 96.1 cm³/mol. The topological polar surface area (TPSA) is 57.1 Å². The summed E-state index contributed by atoms with van der Waals surface area (Å²) < 4.78 is 5.72. The van der Waals surface area contributed by atoms with Gasteiger partial charge in [-0.2, -0.15) is 0 Å². The molecule has 0 bridgehead atoms. The summed E-state index contributed by atoms with van der Waals surface area (Å²) in [7, 11) is 1.98. The molecule has 0 atom stereocenters. The Morgan fingerprint density at radius 3 is 2.43 bits per heavy atom. The number of benzene rings is 1. The van der Waals surface area contributed by atoms with Gasteiger partial charge in [0.1, 0.15) is 12.4 Å². The van der Waals surface area contributed by atoms with Crippen LogP contribution in [0.1, 0.15) is 33.6 Å². The SMILES string of the molecule is CCNC(=NCC(O)(CC)CC)N(C)CCOc1ccccc1. The number of nitrogens with one attached hydrogen (secondary N) is 1. The summed E-state index contributed by atoms with van der Waals surface area (Å²) >= 11 is 0. The van der Waals surface area contributed by atoms with Crippen molar-refractivity contribution in [2.75, 3.05) is 33.3 Å². The first-order chi connectivity index (χ1) is 11.0. The molecule has 0 fully saturated rings. The molecule has 5 nitrogen and oxygen atoms in total. The molecule has 23 heavy (non-hydrogen) atoms. The van der Waals surface area contributed by atoms with E-state index in [1.165, 1.54) is 0 Å². The standard InChI is InChI=1S/C18H31N3O2/c1-5-18(22,6-2)15-20-17(19-7-3)21(4)13-14-23-16-11-9-8-10-12-16/h8-12,22H,5-7,13-15H2,1-4H3,(H,19,20). The molecule has 0 unspecified atom stereocenters. The maximum absolute atomic E-state index is 10.4. The highest BCUT2D eigenvalue weighted by Gasteiger charge is 2.22. The molecule has 0 aliphatic carbocycles. The number of guanidine groups is 1. The quantitative estimate of drug-likeness (QED) is 0.542. The first-order valence-electron chi connectivity index (χ1n) is 8.44. The number of aliphatic hydroxyl groups is 1. The second-order valence-electron chi connectivity index (χ2n) is 5.68. The number of hydrogen-bond acceptors (Lipinski definition) is 3. The molecule has 0 saturated carbocycles. The van der Waals surface area contributed by atoms with E-state index in [1.807, 2.05) is 63.1 Å². The number of likely N-dealkylation sites (N-methyl/N-ethyl adjacent to an activating group) is 1. The van der Waals surface area contributed by atoms with Gasteiger partial charge < -0.3 is 20.1 Å². The van der Waals surface area contributed by atoms with Crippen molar-refractivity contribution in [1.82, 2.24) is 10.2 Å². The number of hydrogen-bond donors (Lipinski definition) is 2. The van der Waals surface area contributed by atoms with Crippen LogP contribution in [0.3, 0.4) is 0 Å². The van der Waals surface area contributed by atoms with Crippen LogP contribution in [0, 0.1) is 0 Å². The summed E-state index contributed by atoms with van der Waals surface area (Å²) in [6.45, 7) is 8.52. The van der Waals surface area contributed by atoms with E-state index in [2.05, 4.69) is 10.3 Å². The summed E-state index contributed by atoms with van der Waals surface area (Å²) in [5, 5.41) is 13.6. The van der Waals surface area contributed by atoms with Gasteiger partial charge in [-0.15, -0.1) is 0 Å². The van der Waals surface area contributed by atoms with Crippen LogP contribution in [-0.2, 0) is 0 Å². The summed E-state index contributed by atoms with van der Waals surface area (Å²) in [4.78, 5) is 6.60. The Labute approximate surface area is 140 Å². The van der Waals surface area contributed by atoms with Crippen LogP contribution >= 0.6 is 0 Å². The molecular weight excluding hydrogens is 290 g/mol. The molecule has 1 aromatic rings. The van der Waals surface area contributed by atoms with Crippen molar-refractivity contribution < 1.29 is 9.84 Å². The fourth-order valence-electron chi connectivity index (χ4n) is 2.09. The zero-order valence-electron chi connectivity index (χ0n) is 14.9. The van der Waals surface area contributed by atoms with E-state index in [0.717, 1.165) is 24.8 Å². The summed E-state index contributed by atoms with van der Waals surface area (Å²) in [6, 6.07) is 9.78. The molecule has 130 valence electrons. The van der Waals surface area contributed by atoms with E-state index in [4.69, 9.17) is 4.74 Å². The summed E-state index contributed by atoms with van der Waals surface area (Å²) in [6.07, 6.45) is 1.40. The van der Waals surface area contributed by atoms with Gasteiger partial charge in [-0.25, -0.2) is 0 Å². The minimum Gasteiger partial charge on any atom is -0.492 e. The lowest BCUT2D eigenvalue weighted by Crippen LogP contribution is -2.42. The molecule has 5 heteroatoms. The fraction of sp³-hybridized carbons (Fsp3) is 0.611. The third-order valence-corrected chi connectivity index (χ3v) is 3.97. The van der Waals surface area contributed by atoms with Crippen molar-refractivity contribution >= 4 is 5.96 Å². The molecule has 0 aliphatic rings. The van der Waals surface area contributed by atoms with Gasteiger partial charge in [0.05, 0.1) is 18.7 Å². The van der Waals surface area contributed by atoms with Crippen LogP contribution < -0.4 is 10.1 Å². The Bertz CT molecular complexity index is 459. The van der Waals surface area contributed by atoms with Crippen molar-refractivity contribution in [2.45, 2.75) is 39.2 Å². The van der Waals surface area contributed by atoms with Gasteiger partial charge in [0.2, 0.25) is 0 Å². The lowest BCUT2D eigenvalue weighted by molar-refractivity contribution is 0.0416. The van der Waals surface area contributed by atoms with Gasteiger partial charge in [-0.1, -0.05) is 32.0 Å². The van der Waals surface area contributed by atoms with E-state index in [9.17, 15) is 5.11 Å². The number of nitrogens with zero attached hydrogens (tertiary/aromatic N) is 2. The van der Waals surface area contributed by atoms with Crippen molar-refractivity contribution in [2.24, 2.45) is 4.99 Å². The Morgan fingerprint density at radius 1 is 1.22 bits per heavy atom. The molecule has 0 saturated heterocycles. The number of ether oxygens (including phenoxy) is 1. The van der Waals surface area contributed by atoms with Gasteiger partial charge in [-0.3, -0.25) is 4.99 Å². The van der Waals surface area contributed by atoms with Crippen LogP contribution in [0.2, 0.25) is 0 Å². The van der Waals surface area contributed by atoms with Crippen molar-refractivity contribution in [1.29, 1.82) is 0 Å². The zero-order chi connectivity index (χ0) is 17.1. The molecule has 0 radical (unpaired) electrons. The normalized spacial score (nSPS) is 12.1. The molecule has 2 N–H and O–H groups in total. The molecule has 0 aromatic heterocycles. The van der Waals surface area contributed by atoms with Crippen LogP contribution in [0.5, 0.6) is 5.75 Å². The maximum atomic E-state index is 10.4. The van der Waals surface area contributed by atoms with Gasteiger partial charge in [0.25, 0.3) is 0 Å². The van der Waals surface area contributed by atoms with E-state index < -0.39 is 5.60 Å². The third kappa shape index (κ3) is 6.91. The molecule has 0 aliphatic heterocycles. The lowest BCUT2D eigenvalue weighted by atomic mass is 9.98. The van der Waals surface area contributed by atoms with Gasteiger partial charge in [0.15, 0.2) is 5.96 Å². The van der Waals surface area contributed by atoms with E-state index in [1.54, 1.807) is 0 Å². The molecule has 1 aromatic carbocycles. The lowest BCUT2D eigenvalue weighted by Gasteiger charge is -2.26. The van der Waals surface area contributed by atoms with Crippen LogP contribution in [-0.4, -0.2) is 54.9 Å². The molecule has 0 amide bonds. The van der Waals surface area contributed by atoms with E-state index >= 15 is 0 Å². The van der Waals surface area contributed by atoms with Crippen LogP contribution in [0.4, 0.5) is 0 Å². The Hall–Kier alpha value is -1.75. The van der Waals surface area contributed by atoms with Crippen molar-refractivity contribution in [3.8, 4) is 5.75 Å². The largest absolute Gasteiger partial charge is 0.492 e. The minimum absolute atomic E-state index is 0.409. The van der Waals surface area contributed by atoms with Crippen molar-refractivity contribution in [3.63, 3.8) is 0 Å². The highest BCUT2D eigenvalue weighted by atomic mass is 16.5. The van der Waals surface area contributed by atoms with Gasteiger partial charge >= 0.3 is 0 Å². The number of aliphatic imine (C=N–C) groups is 1. The fourth-order valence-corrected chi connectivity index (χ4v) is 2.09. The van der Waals surface area contributed by atoms with E-state index in [-0.39, 0.29) is 0 Å². The maximum Gasteiger partial charge on any atom is 0.193 e. The first kappa shape index (κ1) is 19.3. The average Bonchev–Trinajstić information content (AvgIpc) is 2.59. The molecule has 0 spiro atoms. The Morgan fingerprint density at radius 2 is 1.87 bits per heavy atom. The predicted octanol–water partition coefficient (Wildman–Crippen LogP) is 2.51. The zero-order valence-corrected chi connectivity index (χ0v) is 14.9. The Kier molecular flexibility index (Phi) is 8.48. The second-order valence-corrected chi connectivity index (χ2v) is 5.68. The number of rotatable bonds is 9. The van der Waals surface area contributed by atoms with Crippen molar-refractivity contribution in [3.05, 3.63) is 30.3 Å².